The lowest BCUT2D eigenvalue weighted by molar-refractivity contribution is 0.452. The second-order valence-corrected chi connectivity index (χ2v) is 8.78. The minimum atomic E-state index is 0.361. The topological polar surface area (TPSA) is 12.0 Å². The molecule has 1 aromatic rings. The Morgan fingerprint density at radius 3 is 2.75 bits per heavy atom. The number of hydrogen-bond acceptors (Lipinski definition) is 2. The molecule has 1 aromatic carbocycles. The first kappa shape index (κ1) is 15.9. The number of nitrogens with one attached hydrogen (secondary N) is 1. The van der Waals surface area contributed by atoms with Crippen LogP contribution in [-0.2, 0) is 6.42 Å². The van der Waals surface area contributed by atoms with E-state index in [-0.39, 0.29) is 0 Å². The first-order valence-electron chi connectivity index (χ1n) is 7.88. The van der Waals surface area contributed by atoms with Crippen LogP contribution in [0.15, 0.2) is 24.3 Å². The summed E-state index contributed by atoms with van der Waals surface area (Å²) < 4.78 is 0.361. The van der Waals surface area contributed by atoms with Gasteiger partial charge in [-0.3, -0.25) is 0 Å². The summed E-state index contributed by atoms with van der Waals surface area (Å²) in [7, 11) is 2.11. The van der Waals surface area contributed by atoms with E-state index in [2.05, 4.69) is 69.2 Å². The summed E-state index contributed by atoms with van der Waals surface area (Å²) in [5.74, 6) is 1.96. The van der Waals surface area contributed by atoms with Gasteiger partial charge in [-0.15, -0.1) is 0 Å². The van der Waals surface area contributed by atoms with Crippen LogP contribution in [0.2, 0.25) is 0 Å². The number of hydrogen-bond donors (Lipinski definition) is 1. The molecular weight excluding hydrogens is 262 g/mol. The molecule has 2 unspecified atom stereocenters. The second-order valence-electron chi connectivity index (χ2n) is 6.93. The standard InChI is InChI=1S/C18H29NS/c1-18(2,3)20-13-16(19-4)12-15-10-7-9-14-8-5-6-11-17(14)15/h5-6,8,11,15-16,19H,7,9-10,12-13H2,1-4H3. The normalized spacial score (nSPS) is 20.5. The highest BCUT2D eigenvalue weighted by Gasteiger charge is 2.23. The molecule has 0 heterocycles. The molecule has 20 heavy (non-hydrogen) atoms. The fraction of sp³-hybridized carbons (Fsp3) is 0.667. The molecule has 0 radical (unpaired) electrons. The molecule has 1 N–H and O–H groups in total. The maximum atomic E-state index is 3.53. The smallest absolute Gasteiger partial charge is 0.0161 e. The molecule has 1 nitrogen and oxygen atoms in total. The Balaban J connectivity index is 1.98. The predicted octanol–water partition coefficient (Wildman–Crippen LogP) is 4.62. The highest BCUT2D eigenvalue weighted by molar-refractivity contribution is 8.00. The van der Waals surface area contributed by atoms with Crippen LogP contribution in [0.1, 0.15) is 57.1 Å². The SMILES string of the molecule is CNC(CSC(C)(C)C)CC1CCCc2ccccc21. The Morgan fingerprint density at radius 2 is 2.05 bits per heavy atom. The molecular formula is C18H29NS. The summed E-state index contributed by atoms with van der Waals surface area (Å²) in [5.41, 5.74) is 3.20. The molecule has 0 aromatic heterocycles. The van der Waals surface area contributed by atoms with Gasteiger partial charge in [0.15, 0.2) is 0 Å². The molecule has 0 spiro atoms. The Labute approximate surface area is 128 Å². The van der Waals surface area contributed by atoms with Crippen molar-refractivity contribution < 1.29 is 0 Å². The summed E-state index contributed by atoms with van der Waals surface area (Å²) in [6, 6.07) is 9.68. The Hall–Kier alpha value is -0.470. The van der Waals surface area contributed by atoms with Gasteiger partial charge < -0.3 is 5.32 Å². The molecule has 2 rings (SSSR count). The van der Waals surface area contributed by atoms with Crippen LogP contribution in [0.5, 0.6) is 0 Å². The van der Waals surface area contributed by atoms with Crippen LogP contribution >= 0.6 is 11.8 Å². The lowest BCUT2D eigenvalue weighted by Gasteiger charge is -2.30. The molecule has 1 aliphatic rings. The van der Waals surface area contributed by atoms with E-state index in [1.54, 1.807) is 11.1 Å². The number of fused-ring (bicyclic) bond motifs is 1. The van der Waals surface area contributed by atoms with Crippen LogP contribution in [0, 0.1) is 0 Å². The zero-order valence-electron chi connectivity index (χ0n) is 13.4. The van der Waals surface area contributed by atoms with Crippen LogP contribution < -0.4 is 5.32 Å². The second kappa shape index (κ2) is 7.00. The van der Waals surface area contributed by atoms with E-state index in [1.807, 2.05) is 0 Å². The first-order valence-corrected chi connectivity index (χ1v) is 8.87. The third-order valence-corrected chi connectivity index (χ3v) is 5.62. The van der Waals surface area contributed by atoms with Crippen LogP contribution in [0.4, 0.5) is 0 Å². The van der Waals surface area contributed by atoms with E-state index in [0.717, 1.165) is 5.92 Å². The maximum Gasteiger partial charge on any atom is 0.0161 e. The number of thioether (sulfide) groups is 1. The summed E-state index contributed by atoms with van der Waals surface area (Å²) >= 11 is 2.07. The largest absolute Gasteiger partial charge is 0.316 e. The van der Waals surface area contributed by atoms with Crippen molar-refractivity contribution in [2.75, 3.05) is 12.8 Å². The highest BCUT2D eigenvalue weighted by Crippen LogP contribution is 2.35. The molecule has 0 fully saturated rings. The Bertz CT molecular complexity index is 422. The monoisotopic (exact) mass is 291 g/mol. The molecule has 112 valence electrons. The minimum absolute atomic E-state index is 0.361. The number of rotatable bonds is 5. The van der Waals surface area contributed by atoms with E-state index < -0.39 is 0 Å². The van der Waals surface area contributed by atoms with Crippen molar-refractivity contribution in [3.05, 3.63) is 35.4 Å². The van der Waals surface area contributed by atoms with Gasteiger partial charge in [-0.2, -0.15) is 11.8 Å². The van der Waals surface area contributed by atoms with Crippen LogP contribution in [-0.4, -0.2) is 23.6 Å². The lowest BCUT2D eigenvalue weighted by atomic mass is 9.80. The van der Waals surface area contributed by atoms with E-state index in [4.69, 9.17) is 0 Å². The van der Waals surface area contributed by atoms with Gasteiger partial charge in [0.1, 0.15) is 0 Å². The fourth-order valence-corrected chi connectivity index (χ4v) is 4.07. The summed E-state index contributed by atoms with van der Waals surface area (Å²) in [6.45, 7) is 6.92. The van der Waals surface area contributed by atoms with Crippen molar-refractivity contribution in [2.24, 2.45) is 0 Å². The van der Waals surface area contributed by atoms with E-state index in [0.29, 0.717) is 10.8 Å². The zero-order valence-corrected chi connectivity index (χ0v) is 14.2. The molecule has 0 saturated carbocycles. The van der Waals surface area contributed by atoms with Gasteiger partial charge >= 0.3 is 0 Å². The van der Waals surface area contributed by atoms with Crippen molar-refractivity contribution in [3.8, 4) is 0 Å². The number of aryl methyl sites for hydroxylation is 1. The average Bonchev–Trinajstić information content (AvgIpc) is 2.42. The van der Waals surface area contributed by atoms with Gasteiger partial charge in [-0.25, -0.2) is 0 Å². The fourth-order valence-electron chi connectivity index (χ4n) is 3.06. The molecule has 1 aliphatic carbocycles. The summed E-state index contributed by atoms with van der Waals surface area (Å²) in [6.07, 6.45) is 5.25. The van der Waals surface area contributed by atoms with Gasteiger partial charge in [-0.1, -0.05) is 45.0 Å². The zero-order chi connectivity index (χ0) is 14.6. The Morgan fingerprint density at radius 1 is 1.30 bits per heavy atom. The third-order valence-electron chi connectivity index (χ3n) is 4.19. The van der Waals surface area contributed by atoms with Crippen molar-refractivity contribution in [2.45, 2.75) is 63.2 Å². The number of benzene rings is 1. The molecule has 0 saturated heterocycles. The van der Waals surface area contributed by atoms with Crippen LogP contribution in [0.25, 0.3) is 0 Å². The highest BCUT2D eigenvalue weighted by atomic mass is 32.2. The van der Waals surface area contributed by atoms with Gasteiger partial charge in [0.2, 0.25) is 0 Å². The van der Waals surface area contributed by atoms with Gasteiger partial charge in [0, 0.05) is 16.5 Å². The van der Waals surface area contributed by atoms with E-state index in [9.17, 15) is 0 Å². The first-order chi connectivity index (χ1) is 9.49. The molecule has 2 heteroatoms. The van der Waals surface area contributed by atoms with Gasteiger partial charge in [-0.05, 0) is 49.8 Å². The third kappa shape index (κ3) is 4.53. The van der Waals surface area contributed by atoms with E-state index in [1.165, 1.54) is 31.4 Å². The summed E-state index contributed by atoms with van der Waals surface area (Å²) in [4.78, 5) is 0. The quantitative estimate of drug-likeness (QED) is 0.850. The molecule has 0 bridgehead atoms. The molecule has 2 atom stereocenters. The van der Waals surface area contributed by atoms with Crippen molar-refractivity contribution in [3.63, 3.8) is 0 Å². The van der Waals surface area contributed by atoms with Gasteiger partial charge in [0.05, 0.1) is 0 Å². The minimum Gasteiger partial charge on any atom is -0.316 e. The van der Waals surface area contributed by atoms with E-state index >= 15 is 0 Å². The lowest BCUT2D eigenvalue weighted by Crippen LogP contribution is -2.32. The average molecular weight is 292 g/mol. The van der Waals surface area contributed by atoms with Gasteiger partial charge in [0.25, 0.3) is 0 Å². The Kier molecular flexibility index (Phi) is 5.57. The van der Waals surface area contributed by atoms with Crippen molar-refractivity contribution >= 4 is 11.8 Å². The predicted molar refractivity (Wildman–Crippen MR) is 91.8 cm³/mol. The summed E-state index contributed by atoms with van der Waals surface area (Å²) in [5, 5.41) is 3.53. The maximum absolute atomic E-state index is 3.53. The van der Waals surface area contributed by atoms with Crippen LogP contribution in [0.3, 0.4) is 0 Å². The van der Waals surface area contributed by atoms with Crippen molar-refractivity contribution in [1.82, 2.24) is 5.32 Å². The molecule has 0 aliphatic heterocycles. The molecule has 0 amide bonds. The van der Waals surface area contributed by atoms with Crippen molar-refractivity contribution in [1.29, 1.82) is 0 Å².